The van der Waals surface area contributed by atoms with Gasteiger partial charge in [0.25, 0.3) is 0 Å². The summed E-state index contributed by atoms with van der Waals surface area (Å²) in [7, 11) is -2.14. The van der Waals surface area contributed by atoms with Gasteiger partial charge in [-0.2, -0.15) is 0 Å². The summed E-state index contributed by atoms with van der Waals surface area (Å²) in [4.78, 5) is 0. The van der Waals surface area contributed by atoms with Crippen LogP contribution in [-0.4, -0.2) is 54.1 Å². The quantitative estimate of drug-likeness (QED) is 0.674. The van der Waals surface area contributed by atoms with Crippen molar-refractivity contribution in [2.45, 2.75) is 102 Å². The molecule has 0 aromatic carbocycles. The smallest absolute Gasteiger partial charge is 0.201 e. The van der Waals surface area contributed by atoms with Crippen LogP contribution >= 0.6 is 11.8 Å². The molecule has 0 spiro atoms. The van der Waals surface area contributed by atoms with E-state index < -0.39 is 26.6 Å². The standard InChI is InChI=1S/C17H36O4SSi/c1-9-22-17-16(15(19)14(18)13(8)20-17)21-23(10(2)3,11(4)5)12(6)7/h10-19H,9H2,1-8H3/t13?,14-,15?,16+,17-/m1/s1. The second kappa shape index (κ2) is 8.67. The molecule has 0 amide bonds. The molecule has 0 aromatic rings. The zero-order valence-corrected chi connectivity index (χ0v) is 17.8. The van der Waals surface area contributed by atoms with E-state index in [4.69, 9.17) is 9.16 Å². The highest BCUT2D eigenvalue weighted by Gasteiger charge is 2.52. The fraction of sp³-hybridized carbons (Fsp3) is 1.00. The van der Waals surface area contributed by atoms with Crippen LogP contribution in [0.1, 0.15) is 55.4 Å². The zero-order chi connectivity index (χ0) is 17.9. The van der Waals surface area contributed by atoms with Crippen molar-refractivity contribution >= 4 is 20.1 Å². The van der Waals surface area contributed by atoms with Gasteiger partial charge in [0, 0.05) is 0 Å². The van der Waals surface area contributed by atoms with Crippen molar-refractivity contribution in [1.29, 1.82) is 0 Å². The lowest BCUT2D eigenvalue weighted by atomic mass is 10.0. The van der Waals surface area contributed by atoms with Gasteiger partial charge < -0.3 is 19.4 Å². The first-order chi connectivity index (χ1) is 10.6. The Labute approximate surface area is 147 Å². The topological polar surface area (TPSA) is 58.9 Å². The molecule has 1 aliphatic rings. The minimum atomic E-state index is -2.14. The highest BCUT2D eigenvalue weighted by atomic mass is 32.2. The second-order valence-electron chi connectivity index (χ2n) is 7.55. The average Bonchev–Trinajstić information content (AvgIpc) is 2.44. The summed E-state index contributed by atoms with van der Waals surface area (Å²) in [6, 6.07) is 0. The van der Waals surface area contributed by atoms with E-state index in [0.717, 1.165) is 5.75 Å². The molecular weight excluding hydrogens is 328 g/mol. The van der Waals surface area contributed by atoms with E-state index in [-0.39, 0.29) is 11.5 Å². The van der Waals surface area contributed by atoms with Crippen LogP contribution < -0.4 is 0 Å². The van der Waals surface area contributed by atoms with Crippen LogP contribution in [0.4, 0.5) is 0 Å². The van der Waals surface area contributed by atoms with Gasteiger partial charge in [0.1, 0.15) is 23.7 Å². The molecule has 5 atom stereocenters. The van der Waals surface area contributed by atoms with Crippen molar-refractivity contribution in [3.05, 3.63) is 0 Å². The Morgan fingerprint density at radius 3 is 1.87 bits per heavy atom. The molecule has 23 heavy (non-hydrogen) atoms. The Balaban J connectivity index is 3.16. The Hall–Kier alpha value is 0.407. The van der Waals surface area contributed by atoms with Crippen molar-refractivity contribution in [2.24, 2.45) is 0 Å². The van der Waals surface area contributed by atoms with Gasteiger partial charge >= 0.3 is 0 Å². The van der Waals surface area contributed by atoms with E-state index in [9.17, 15) is 10.2 Å². The van der Waals surface area contributed by atoms with E-state index in [1.54, 1.807) is 11.8 Å². The number of aliphatic hydroxyl groups excluding tert-OH is 2. The van der Waals surface area contributed by atoms with Gasteiger partial charge in [-0.25, -0.2) is 0 Å². The molecular formula is C17H36O4SSi. The van der Waals surface area contributed by atoms with Crippen LogP contribution in [0.15, 0.2) is 0 Å². The van der Waals surface area contributed by atoms with Gasteiger partial charge in [0.2, 0.25) is 8.32 Å². The predicted octanol–water partition coefficient (Wildman–Crippen LogP) is 3.77. The first kappa shape index (κ1) is 21.4. The minimum Gasteiger partial charge on any atom is -0.407 e. The Morgan fingerprint density at radius 1 is 1.00 bits per heavy atom. The molecule has 1 aliphatic heterocycles. The van der Waals surface area contributed by atoms with E-state index in [0.29, 0.717) is 16.6 Å². The lowest BCUT2D eigenvalue weighted by molar-refractivity contribution is -0.188. The first-order valence-electron chi connectivity index (χ1n) is 8.90. The van der Waals surface area contributed by atoms with Crippen molar-refractivity contribution < 1.29 is 19.4 Å². The van der Waals surface area contributed by atoms with Crippen LogP contribution in [0.25, 0.3) is 0 Å². The molecule has 4 nitrogen and oxygen atoms in total. The molecule has 0 bridgehead atoms. The van der Waals surface area contributed by atoms with Gasteiger partial charge in [-0.15, -0.1) is 11.8 Å². The normalized spacial score (nSPS) is 33.0. The van der Waals surface area contributed by atoms with Gasteiger partial charge in [-0.3, -0.25) is 0 Å². The fourth-order valence-corrected chi connectivity index (χ4v) is 10.7. The first-order valence-corrected chi connectivity index (χ1v) is 12.1. The largest absolute Gasteiger partial charge is 0.407 e. The molecule has 138 valence electrons. The molecule has 0 saturated carbocycles. The monoisotopic (exact) mass is 364 g/mol. The number of rotatable bonds is 7. The summed E-state index contributed by atoms with van der Waals surface area (Å²) in [5.41, 5.74) is 1.06. The number of hydrogen-bond acceptors (Lipinski definition) is 5. The van der Waals surface area contributed by atoms with E-state index in [1.165, 1.54) is 0 Å². The van der Waals surface area contributed by atoms with Gasteiger partial charge in [0.15, 0.2) is 0 Å². The highest BCUT2D eigenvalue weighted by molar-refractivity contribution is 7.99. The van der Waals surface area contributed by atoms with Crippen molar-refractivity contribution in [2.75, 3.05) is 5.75 Å². The van der Waals surface area contributed by atoms with Crippen LogP contribution in [0.2, 0.25) is 16.6 Å². The molecule has 0 radical (unpaired) electrons. The van der Waals surface area contributed by atoms with Crippen molar-refractivity contribution in [1.82, 2.24) is 0 Å². The maximum Gasteiger partial charge on any atom is 0.201 e. The zero-order valence-electron chi connectivity index (χ0n) is 15.9. The minimum absolute atomic E-state index is 0.225. The van der Waals surface area contributed by atoms with Crippen LogP contribution in [0, 0.1) is 0 Å². The Bertz CT molecular complexity index is 343. The molecule has 1 fully saturated rings. The summed E-state index contributed by atoms with van der Waals surface area (Å²) in [6.45, 7) is 17.2. The van der Waals surface area contributed by atoms with E-state index in [2.05, 4.69) is 48.5 Å². The van der Waals surface area contributed by atoms with E-state index in [1.807, 2.05) is 6.92 Å². The average molecular weight is 365 g/mol. The van der Waals surface area contributed by atoms with Crippen molar-refractivity contribution in [3.63, 3.8) is 0 Å². The number of thioether (sulfide) groups is 1. The molecule has 2 unspecified atom stereocenters. The molecule has 1 saturated heterocycles. The highest BCUT2D eigenvalue weighted by Crippen LogP contribution is 2.45. The fourth-order valence-electron chi connectivity index (χ4n) is 4.07. The van der Waals surface area contributed by atoms with Crippen LogP contribution in [-0.2, 0) is 9.16 Å². The van der Waals surface area contributed by atoms with E-state index >= 15 is 0 Å². The maximum absolute atomic E-state index is 10.7. The van der Waals surface area contributed by atoms with Gasteiger partial charge in [0.05, 0.1) is 6.10 Å². The summed E-state index contributed by atoms with van der Waals surface area (Å²) in [5.74, 6) is 0.889. The molecule has 0 aromatic heterocycles. The third-order valence-electron chi connectivity index (χ3n) is 5.16. The number of hydrogen-bond donors (Lipinski definition) is 2. The molecule has 2 N–H and O–H groups in total. The number of ether oxygens (including phenoxy) is 1. The molecule has 1 heterocycles. The van der Waals surface area contributed by atoms with Gasteiger partial charge in [-0.1, -0.05) is 48.5 Å². The molecule has 6 heteroatoms. The predicted molar refractivity (Wildman–Crippen MR) is 100 cm³/mol. The summed E-state index contributed by atoms with van der Waals surface area (Å²) in [5, 5.41) is 20.9. The lowest BCUT2D eigenvalue weighted by Gasteiger charge is -2.49. The maximum atomic E-state index is 10.7. The van der Waals surface area contributed by atoms with Crippen LogP contribution in [0.5, 0.6) is 0 Å². The van der Waals surface area contributed by atoms with Crippen LogP contribution in [0.3, 0.4) is 0 Å². The second-order valence-corrected chi connectivity index (χ2v) is 14.3. The lowest BCUT2D eigenvalue weighted by Crippen LogP contribution is -2.62. The Morgan fingerprint density at radius 2 is 1.48 bits per heavy atom. The Kier molecular flexibility index (Phi) is 8.09. The van der Waals surface area contributed by atoms with Gasteiger partial charge in [-0.05, 0) is 29.3 Å². The summed E-state index contributed by atoms with van der Waals surface area (Å²) >= 11 is 1.65. The molecule has 1 rings (SSSR count). The third kappa shape index (κ3) is 4.33. The van der Waals surface area contributed by atoms with Crippen molar-refractivity contribution in [3.8, 4) is 0 Å². The summed E-state index contributed by atoms with van der Waals surface area (Å²) < 4.78 is 12.7. The number of aliphatic hydroxyl groups is 2. The molecule has 0 aliphatic carbocycles. The third-order valence-corrected chi connectivity index (χ3v) is 12.3. The summed E-state index contributed by atoms with van der Waals surface area (Å²) in [6.07, 6.45) is -2.63. The SMILES string of the molecule is CCS[C@H]1OC(C)[C@@H](O)C(O)[C@@H]1O[Si](C(C)C)(C(C)C)C(C)C.